The average Bonchev–Trinajstić information content (AvgIpc) is 2.53. The summed E-state index contributed by atoms with van der Waals surface area (Å²) in [6, 6.07) is 1.90. The Morgan fingerprint density at radius 2 is 2.58 bits per heavy atom. The highest BCUT2D eigenvalue weighted by Crippen LogP contribution is 1.84. The Labute approximate surface area is 73.2 Å². The zero-order valence-electron chi connectivity index (χ0n) is 7.51. The van der Waals surface area contributed by atoms with E-state index in [1.54, 1.807) is 6.20 Å². The van der Waals surface area contributed by atoms with E-state index in [4.69, 9.17) is 0 Å². The molecule has 1 aromatic rings. The van der Waals surface area contributed by atoms with E-state index in [0.29, 0.717) is 7.55 Å². The van der Waals surface area contributed by atoms with Gasteiger partial charge in [0.15, 0.2) is 0 Å². The van der Waals surface area contributed by atoms with Crippen LogP contribution in [-0.4, -0.2) is 35.4 Å². The van der Waals surface area contributed by atoms with Gasteiger partial charge in [-0.3, -0.25) is 4.59 Å². The lowest BCUT2D eigenvalue weighted by Gasteiger charge is -2.09. The van der Waals surface area contributed by atoms with Gasteiger partial charge in [-0.1, -0.05) is 6.92 Å². The van der Waals surface area contributed by atoms with Gasteiger partial charge in [-0.15, -0.1) is 0 Å². The quantitative estimate of drug-likeness (QED) is 0.365. The summed E-state index contributed by atoms with van der Waals surface area (Å²) in [7, 11) is 2.62. The van der Waals surface area contributed by atoms with Crippen LogP contribution in [0.25, 0.3) is 0 Å². The van der Waals surface area contributed by atoms with Crippen molar-refractivity contribution in [3.63, 3.8) is 0 Å². The van der Waals surface area contributed by atoms with Gasteiger partial charge in [0.05, 0.1) is 0 Å². The van der Waals surface area contributed by atoms with E-state index in [9.17, 15) is 0 Å². The van der Waals surface area contributed by atoms with Crippen molar-refractivity contribution in [1.82, 2.24) is 14.6 Å². The smallest absolute Gasteiger partial charge is 0.321 e. The Hall–Kier alpha value is -1.26. The van der Waals surface area contributed by atoms with E-state index in [1.807, 2.05) is 35.0 Å². The van der Waals surface area contributed by atoms with Crippen molar-refractivity contribution in [3.8, 4) is 0 Å². The van der Waals surface area contributed by atoms with Crippen LogP contribution in [0, 0.1) is 0 Å². The van der Waals surface area contributed by atoms with Crippen molar-refractivity contribution in [3.05, 3.63) is 18.5 Å². The van der Waals surface area contributed by atoms with E-state index in [0.717, 1.165) is 6.42 Å². The second-order valence-corrected chi connectivity index (χ2v) is 2.55. The second-order valence-electron chi connectivity index (χ2n) is 2.55. The fraction of sp³-hybridized carbons (Fsp3) is 0.429. The summed E-state index contributed by atoms with van der Waals surface area (Å²) in [5, 5.41) is 8.23. The first kappa shape index (κ1) is 8.84. The molecule has 0 atom stereocenters. The largest absolute Gasteiger partial charge is 0.395 e. The van der Waals surface area contributed by atoms with Crippen molar-refractivity contribution >= 4 is 13.8 Å². The second kappa shape index (κ2) is 4.59. The Morgan fingerprint density at radius 3 is 3.17 bits per heavy atom. The molecule has 1 aromatic heterocycles. The Bertz CT molecular complexity index is 232. The van der Waals surface area contributed by atoms with Gasteiger partial charge >= 0.3 is 7.55 Å². The minimum absolute atomic E-state index is 0.698. The predicted molar refractivity (Wildman–Crippen MR) is 51.3 cm³/mol. The molecule has 0 unspecified atom stereocenters. The summed E-state index contributed by atoms with van der Waals surface area (Å²) in [5.41, 5.74) is 0. The molecule has 5 heteroatoms. The normalized spacial score (nSPS) is 10.5. The molecule has 0 spiro atoms. The van der Waals surface area contributed by atoms with E-state index in [-0.39, 0.29) is 0 Å². The molecule has 0 amide bonds. The summed E-state index contributed by atoms with van der Waals surface area (Å²) in [5.74, 6) is 0. The van der Waals surface area contributed by atoms with Gasteiger partial charge in [0.25, 0.3) is 0 Å². The number of rotatable bonds is 4. The summed E-state index contributed by atoms with van der Waals surface area (Å²) < 4.78 is 1.83. The minimum atomic E-state index is 0.698. The van der Waals surface area contributed by atoms with Crippen LogP contribution in [0.3, 0.4) is 0 Å². The number of hydrazone groups is 1. The van der Waals surface area contributed by atoms with Crippen molar-refractivity contribution in [2.24, 2.45) is 5.10 Å². The fourth-order valence-corrected chi connectivity index (χ4v) is 0.851. The third-order valence-electron chi connectivity index (χ3n) is 1.37. The Balaban J connectivity index is 2.36. The van der Waals surface area contributed by atoms with Gasteiger partial charge in [-0.05, 0) is 12.5 Å². The molecular weight excluding hydrogens is 151 g/mol. The van der Waals surface area contributed by atoms with Crippen LogP contribution in [0.5, 0.6) is 0 Å². The molecule has 0 saturated heterocycles. The van der Waals surface area contributed by atoms with E-state index in [2.05, 4.69) is 17.1 Å². The maximum absolute atomic E-state index is 4.16. The number of nitrogens with zero attached hydrogens (tertiary/aromatic N) is 4. The molecule has 0 N–H and O–H groups in total. The predicted octanol–water partition coefficient (Wildman–Crippen LogP) is 0.325. The standard InChI is InChI=1S/C7H13BN4/c1-3-5-9-11(2)8-12-7-4-6-10-12/h4-8H,3H2,1-2H3/b9-5-. The molecule has 64 valence electrons. The van der Waals surface area contributed by atoms with Crippen LogP contribution in [0.2, 0.25) is 0 Å². The van der Waals surface area contributed by atoms with Crippen LogP contribution in [0.1, 0.15) is 13.3 Å². The third kappa shape index (κ3) is 2.78. The number of hydrogen-bond donors (Lipinski definition) is 0. The molecule has 0 fully saturated rings. The molecule has 12 heavy (non-hydrogen) atoms. The maximum atomic E-state index is 4.16. The monoisotopic (exact) mass is 164 g/mol. The summed E-state index contributed by atoms with van der Waals surface area (Å²) in [6.45, 7) is 2.06. The zero-order chi connectivity index (χ0) is 8.81. The number of hydrogen-bond acceptors (Lipinski definition) is 3. The highest BCUT2D eigenvalue weighted by molar-refractivity contribution is 6.29. The number of aromatic nitrogens is 2. The third-order valence-corrected chi connectivity index (χ3v) is 1.37. The van der Waals surface area contributed by atoms with Gasteiger partial charge in [0.2, 0.25) is 0 Å². The lowest BCUT2D eigenvalue weighted by molar-refractivity contribution is 0.563. The highest BCUT2D eigenvalue weighted by atomic mass is 15.4. The first-order valence-corrected chi connectivity index (χ1v) is 4.04. The zero-order valence-corrected chi connectivity index (χ0v) is 7.51. The topological polar surface area (TPSA) is 33.4 Å². The van der Waals surface area contributed by atoms with Crippen LogP contribution < -0.4 is 0 Å². The average molecular weight is 164 g/mol. The van der Waals surface area contributed by atoms with Crippen LogP contribution >= 0.6 is 0 Å². The Kier molecular flexibility index (Phi) is 3.38. The molecule has 1 rings (SSSR count). The van der Waals surface area contributed by atoms with E-state index in [1.165, 1.54) is 0 Å². The molecule has 0 aliphatic heterocycles. The summed E-state index contributed by atoms with van der Waals surface area (Å²) >= 11 is 0. The maximum Gasteiger partial charge on any atom is 0.395 e. The molecule has 0 bridgehead atoms. The molecule has 0 radical (unpaired) electrons. The van der Waals surface area contributed by atoms with Crippen LogP contribution in [0.4, 0.5) is 0 Å². The van der Waals surface area contributed by atoms with Gasteiger partial charge in [-0.2, -0.15) is 5.10 Å². The summed E-state index contributed by atoms with van der Waals surface area (Å²) in [6.07, 6.45) is 6.52. The van der Waals surface area contributed by atoms with Crippen molar-refractivity contribution < 1.29 is 0 Å². The van der Waals surface area contributed by atoms with Gasteiger partial charge < -0.3 is 4.92 Å². The molecule has 0 aromatic carbocycles. The lowest BCUT2D eigenvalue weighted by Crippen LogP contribution is -2.24. The molecule has 0 aliphatic rings. The SMILES string of the molecule is CC/C=N\N(C)Bn1cccn1. The lowest BCUT2D eigenvalue weighted by atomic mass is 10.2. The van der Waals surface area contributed by atoms with Gasteiger partial charge in [-0.25, -0.2) is 5.10 Å². The van der Waals surface area contributed by atoms with Crippen LogP contribution in [0.15, 0.2) is 23.6 Å². The van der Waals surface area contributed by atoms with E-state index < -0.39 is 0 Å². The highest BCUT2D eigenvalue weighted by Gasteiger charge is 1.97. The minimum Gasteiger partial charge on any atom is -0.321 e. The Morgan fingerprint density at radius 1 is 1.75 bits per heavy atom. The molecule has 0 saturated carbocycles. The van der Waals surface area contributed by atoms with Crippen molar-refractivity contribution in [2.45, 2.75) is 13.3 Å². The van der Waals surface area contributed by atoms with Crippen LogP contribution in [-0.2, 0) is 0 Å². The molecule has 0 aliphatic carbocycles. The van der Waals surface area contributed by atoms with Crippen molar-refractivity contribution in [1.29, 1.82) is 0 Å². The molecular formula is C7H13BN4. The molecule has 1 heterocycles. The first-order chi connectivity index (χ1) is 5.83. The van der Waals surface area contributed by atoms with Crippen molar-refractivity contribution in [2.75, 3.05) is 7.05 Å². The summed E-state index contributed by atoms with van der Waals surface area (Å²) in [4.78, 5) is 1.84. The van der Waals surface area contributed by atoms with Gasteiger partial charge in [0, 0.05) is 25.7 Å². The van der Waals surface area contributed by atoms with Gasteiger partial charge in [0.1, 0.15) is 0 Å². The first-order valence-electron chi connectivity index (χ1n) is 4.04. The fourth-order valence-electron chi connectivity index (χ4n) is 0.851. The molecule has 4 nitrogen and oxygen atoms in total. The van der Waals surface area contributed by atoms with E-state index >= 15 is 0 Å².